The molecule has 1 aliphatic carbocycles. The Bertz CT molecular complexity index is 584. The number of ether oxygens (including phenoxy) is 1. The maximum absolute atomic E-state index is 12.2. The van der Waals surface area contributed by atoms with Crippen LogP contribution in [0.5, 0.6) is 5.75 Å². The van der Waals surface area contributed by atoms with Gasteiger partial charge in [-0.1, -0.05) is 25.7 Å². The summed E-state index contributed by atoms with van der Waals surface area (Å²) in [5.41, 5.74) is 0.0794. The van der Waals surface area contributed by atoms with E-state index in [0.29, 0.717) is 25.7 Å². The zero-order valence-corrected chi connectivity index (χ0v) is 14.8. The monoisotopic (exact) mass is 349 g/mol. The molecule has 1 amide bonds. The number of nitro benzene ring substituents is 1. The standard InChI is InChI=1S/C18H27N3O4/c1-2-25-17-10-9-14(13-16(17)21(23)24)18(22)20-12-11-19-15-7-5-3-4-6-8-15/h9-10,13,15,19H,2-8,11-12H2,1H3,(H,20,22). The highest BCUT2D eigenvalue weighted by atomic mass is 16.6. The van der Waals surface area contributed by atoms with Crippen LogP contribution in [0.4, 0.5) is 5.69 Å². The number of hydrogen-bond acceptors (Lipinski definition) is 5. The topological polar surface area (TPSA) is 93.5 Å². The second-order valence-electron chi connectivity index (χ2n) is 6.27. The molecule has 0 aromatic heterocycles. The van der Waals surface area contributed by atoms with E-state index in [1.807, 2.05) is 0 Å². The number of nitro groups is 1. The van der Waals surface area contributed by atoms with E-state index in [4.69, 9.17) is 4.74 Å². The molecule has 1 fully saturated rings. The molecule has 2 N–H and O–H groups in total. The van der Waals surface area contributed by atoms with Gasteiger partial charge in [-0.15, -0.1) is 0 Å². The minimum atomic E-state index is -0.532. The van der Waals surface area contributed by atoms with Gasteiger partial charge in [-0.25, -0.2) is 0 Å². The number of hydrogen-bond donors (Lipinski definition) is 2. The van der Waals surface area contributed by atoms with Gasteiger partial charge in [0.2, 0.25) is 0 Å². The van der Waals surface area contributed by atoms with Crippen molar-refractivity contribution >= 4 is 11.6 Å². The highest BCUT2D eigenvalue weighted by molar-refractivity contribution is 5.95. The average molecular weight is 349 g/mol. The minimum Gasteiger partial charge on any atom is -0.487 e. The van der Waals surface area contributed by atoms with Crippen molar-refractivity contribution in [2.24, 2.45) is 0 Å². The van der Waals surface area contributed by atoms with Gasteiger partial charge in [0.15, 0.2) is 5.75 Å². The van der Waals surface area contributed by atoms with Crippen LogP contribution < -0.4 is 15.4 Å². The molecule has 0 unspecified atom stereocenters. The Hall–Kier alpha value is -2.15. The fourth-order valence-electron chi connectivity index (χ4n) is 3.12. The Labute approximate surface area is 148 Å². The Morgan fingerprint density at radius 1 is 1.24 bits per heavy atom. The molecule has 0 heterocycles. The largest absolute Gasteiger partial charge is 0.487 e. The summed E-state index contributed by atoms with van der Waals surface area (Å²) >= 11 is 0. The van der Waals surface area contributed by atoms with Crippen molar-refractivity contribution in [2.75, 3.05) is 19.7 Å². The van der Waals surface area contributed by atoms with Gasteiger partial charge in [0.05, 0.1) is 11.5 Å². The number of amides is 1. The summed E-state index contributed by atoms with van der Waals surface area (Å²) in [4.78, 5) is 22.8. The maximum Gasteiger partial charge on any atom is 0.311 e. The van der Waals surface area contributed by atoms with Crippen LogP contribution in [0.15, 0.2) is 18.2 Å². The van der Waals surface area contributed by atoms with Crippen molar-refractivity contribution in [3.63, 3.8) is 0 Å². The van der Waals surface area contributed by atoms with E-state index in [1.165, 1.54) is 50.7 Å². The van der Waals surface area contributed by atoms with Crippen molar-refractivity contribution in [3.8, 4) is 5.75 Å². The van der Waals surface area contributed by atoms with Crippen LogP contribution in [0.3, 0.4) is 0 Å². The molecule has 1 aliphatic rings. The van der Waals surface area contributed by atoms with Crippen LogP contribution in [0.25, 0.3) is 0 Å². The van der Waals surface area contributed by atoms with Gasteiger partial charge in [-0.3, -0.25) is 14.9 Å². The summed E-state index contributed by atoms with van der Waals surface area (Å²) in [5, 5.41) is 17.4. The third-order valence-corrected chi connectivity index (χ3v) is 4.42. The fraction of sp³-hybridized carbons (Fsp3) is 0.611. The van der Waals surface area contributed by atoms with Gasteiger partial charge in [0, 0.05) is 30.8 Å². The van der Waals surface area contributed by atoms with Gasteiger partial charge in [0.25, 0.3) is 5.91 Å². The lowest BCUT2D eigenvalue weighted by Gasteiger charge is -2.16. The highest BCUT2D eigenvalue weighted by Gasteiger charge is 2.18. The molecule has 7 nitrogen and oxygen atoms in total. The fourth-order valence-corrected chi connectivity index (χ4v) is 3.12. The Kier molecular flexibility index (Phi) is 7.66. The zero-order chi connectivity index (χ0) is 18.1. The lowest BCUT2D eigenvalue weighted by atomic mass is 10.1. The van der Waals surface area contributed by atoms with Gasteiger partial charge in [-0.2, -0.15) is 0 Å². The predicted molar refractivity (Wildman–Crippen MR) is 96.1 cm³/mol. The molecule has 1 aromatic carbocycles. The lowest BCUT2D eigenvalue weighted by molar-refractivity contribution is -0.385. The first-order valence-electron chi connectivity index (χ1n) is 9.04. The quantitative estimate of drug-likeness (QED) is 0.326. The first kappa shape index (κ1) is 19.2. The molecule has 1 saturated carbocycles. The lowest BCUT2D eigenvalue weighted by Crippen LogP contribution is -2.36. The summed E-state index contributed by atoms with van der Waals surface area (Å²) in [7, 11) is 0. The Morgan fingerprint density at radius 2 is 1.96 bits per heavy atom. The van der Waals surface area contributed by atoms with Crippen LogP contribution >= 0.6 is 0 Å². The molecule has 2 rings (SSSR count). The minimum absolute atomic E-state index is 0.180. The smallest absolute Gasteiger partial charge is 0.311 e. The number of carbonyl (C=O) groups excluding carboxylic acids is 1. The molecule has 0 aliphatic heterocycles. The van der Waals surface area contributed by atoms with E-state index in [0.717, 1.165) is 0 Å². The summed E-state index contributed by atoms with van der Waals surface area (Å²) in [5.74, 6) is -0.132. The van der Waals surface area contributed by atoms with E-state index in [1.54, 1.807) is 13.0 Å². The molecule has 0 spiro atoms. The van der Waals surface area contributed by atoms with Crippen LogP contribution in [-0.4, -0.2) is 36.6 Å². The van der Waals surface area contributed by atoms with Gasteiger partial charge < -0.3 is 15.4 Å². The van der Waals surface area contributed by atoms with E-state index in [2.05, 4.69) is 10.6 Å². The van der Waals surface area contributed by atoms with Crippen LogP contribution in [-0.2, 0) is 0 Å². The highest BCUT2D eigenvalue weighted by Crippen LogP contribution is 2.27. The zero-order valence-electron chi connectivity index (χ0n) is 14.8. The molecule has 0 atom stereocenters. The third-order valence-electron chi connectivity index (χ3n) is 4.42. The van der Waals surface area contributed by atoms with E-state index in [-0.39, 0.29) is 22.9 Å². The van der Waals surface area contributed by atoms with E-state index in [9.17, 15) is 14.9 Å². The number of nitrogens with one attached hydrogen (secondary N) is 2. The maximum atomic E-state index is 12.2. The molecule has 7 heteroatoms. The molecule has 0 bridgehead atoms. The molecular formula is C18H27N3O4. The second kappa shape index (κ2) is 9.98. The molecule has 0 saturated heterocycles. The summed E-state index contributed by atoms with van der Waals surface area (Å²) < 4.78 is 5.23. The third kappa shape index (κ3) is 6.01. The van der Waals surface area contributed by atoms with E-state index < -0.39 is 4.92 Å². The number of benzene rings is 1. The molecule has 0 radical (unpaired) electrons. The van der Waals surface area contributed by atoms with Crippen molar-refractivity contribution in [3.05, 3.63) is 33.9 Å². The predicted octanol–water partition coefficient (Wildman–Crippen LogP) is 3.04. The summed E-state index contributed by atoms with van der Waals surface area (Å²) in [6.45, 7) is 3.29. The van der Waals surface area contributed by atoms with Crippen molar-refractivity contribution in [1.29, 1.82) is 0 Å². The second-order valence-corrected chi connectivity index (χ2v) is 6.27. The molecule has 1 aromatic rings. The van der Waals surface area contributed by atoms with Crippen molar-refractivity contribution in [2.45, 2.75) is 51.5 Å². The van der Waals surface area contributed by atoms with Crippen molar-refractivity contribution < 1.29 is 14.5 Å². The van der Waals surface area contributed by atoms with Crippen LogP contribution in [0.1, 0.15) is 55.8 Å². The van der Waals surface area contributed by atoms with Gasteiger partial charge in [-0.05, 0) is 31.9 Å². The molecule has 25 heavy (non-hydrogen) atoms. The first-order valence-corrected chi connectivity index (χ1v) is 9.04. The Morgan fingerprint density at radius 3 is 2.60 bits per heavy atom. The Balaban J connectivity index is 1.83. The molecule has 138 valence electrons. The van der Waals surface area contributed by atoms with Gasteiger partial charge >= 0.3 is 5.69 Å². The van der Waals surface area contributed by atoms with Gasteiger partial charge in [0.1, 0.15) is 0 Å². The number of rotatable bonds is 8. The normalized spacial score (nSPS) is 15.4. The first-order chi connectivity index (χ1) is 12.1. The van der Waals surface area contributed by atoms with Crippen molar-refractivity contribution in [1.82, 2.24) is 10.6 Å². The average Bonchev–Trinajstić information content (AvgIpc) is 2.87. The van der Waals surface area contributed by atoms with Crippen LogP contribution in [0, 0.1) is 10.1 Å². The summed E-state index contributed by atoms with van der Waals surface area (Å²) in [6.07, 6.45) is 7.54. The summed E-state index contributed by atoms with van der Waals surface area (Å²) in [6, 6.07) is 4.82. The van der Waals surface area contributed by atoms with Crippen LogP contribution in [0.2, 0.25) is 0 Å². The SMILES string of the molecule is CCOc1ccc(C(=O)NCCNC2CCCCCC2)cc1[N+](=O)[O-]. The molecular weight excluding hydrogens is 322 g/mol. The number of carbonyl (C=O) groups is 1. The van der Waals surface area contributed by atoms with E-state index >= 15 is 0 Å². The number of nitrogens with zero attached hydrogens (tertiary/aromatic N) is 1.